The molecule has 2 heterocycles. The Hall–Kier alpha value is -1.36. The maximum atomic E-state index is 5.66. The number of hydrogen-bond acceptors (Lipinski definition) is 5. The van der Waals surface area contributed by atoms with E-state index in [-0.39, 0.29) is 6.10 Å². The second kappa shape index (κ2) is 6.19. The topological polar surface area (TPSA) is 50.3 Å². The summed E-state index contributed by atoms with van der Waals surface area (Å²) in [5, 5.41) is 3.32. The van der Waals surface area contributed by atoms with Gasteiger partial charge >= 0.3 is 0 Å². The highest BCUT2D eigenvalue weighted by Gasteiger charge is 2.30. The van der Waals surface area contributed by atoms with Crippen LogP contribution in [-0.2, 0) is 11.2 Å². The Morgan fingerprint density at radius 1 is 1.42 bits per heavy atom. The minimum atomic E-state index is 0.257. The molecule has 0 aromatic carbocycles. The summed E-state index contributed by atoms with van der Waals surface area (Å²) < 4.78 is 5.66. The standard InChI is InChI=1S/C14H24N4O/c1-5-11-13(15-6-2)16-9-17-14(11)18(4)12-7-8-19-10(12)3/h9-10,12H,5-8H2,1-4H3,(H,15,16,17). The zero-order valence-electron chi connectivity index (χ0n) is 12.3. The molecule has 1 aromatic heterocycles. The number of likely N-dealkylation sites (N-methyl/N-ethyl adjacent to an activating group) is 1. The Morgan fingerprint density at radius 2 is 2.21 bits per heavy atom. The molecule has 5 nitrogen and oxygen atoms in total. The number of rotatable bonds is 5. The molecular weight excluding hydrogens is 240 g/mol. The van der Waals surface area contributed by atoms with Crippen LogP contribution in [0.25, 0.3) is 0 Å². The molecule has 1 saturated heterocycles. The highest BCUT2D eigenvalue weighted by Crippen LogP contribution is 2.28. The second-order valence-electron chi connectivity index (χ2n) is 4.95. The molecule has 1 fully saturated rings. The van der Waals surface area contributed by atoms with Crippen molar-refractivity contribution in [2.24, 2.45) is 0 Å². The van der Waals surface area contributed by atoms with Gasteiger partial charge in [-0.15, -0.1) is 0 Å². The minimum absolute atomic E-state index is 0.257. The maximum absolute atomic E-state index is 5.66. The van der Waals surface area contributed by atoms with Crippen molar-refractivity contribution in [3.8, 4) is 0 Å². The van der Waals surface area contributed by atoms with Gasteiger partial charge < -0.3 is 15.0 Å². The van der Waals surface area contributed by atoms with Crippen LogP contribution in [0, 0.1) is 0 Å². The highest BCUT2D eigenvalue weighted by atomic mass is 16.5. The molecule has 19 heavy (non-hydrogen) atoms. The molecule has 0 amide bonds. The van der Waals surface area contributed by atoms with E-state index in [1.165, 1.54) is 5.56 Å². The average Bonchev–Trinajstić information content (AvgIpc) is 2.84. The Bertz CT molecular complexity index is 424. The lowest BCUT2D eigenvalue weighted by Crippen LogP contribution is -2.38. The van der Waals surface area contributed by atoms with Crippen LogP contribution in [0.1, 0.15) is 32.8 Å². The number of anilines is 2. The summed E-state index contributed by atoms with van der Waals surface area (Å²) in [7, 11) is 2.10. The van der Waals surface area contributed by atoms with Gasteiger partial charge in [-0.05, 0) is 26.7 Å². The van der Waals surface area contributed by atoms with Crippen LogP contribution in [-0.4, -0.2) is 42.3 Å². The summed E-state index contributed by atoms with van der Waals surface area (Å²) in [6.45, 7) is 8.06. The first-order chi connectivity index (χ1) is 9.19. The van der Waals surface area contributed by atoms with Gasteiger partial charge in [0.15, 0.2) is 0 Å². The van der Waals surface area contributed by atoms with Crippen molar-refractivity contribution in [1.82, 2.24) is 9.97 Å². The lowest BCUT2D eigenvalue weighted by molar-refractivity contribution is 0.118. The van der Waals surface area contributed by atoms with Crippen LogP contribution >= 0.6 is 0 Å². The van der Waals surface area contributed by atoms with Crippen LogP contribution in [0.2, 0.25) is 0 Å². The molecule has 1 aliphatic rings. The summed E-state index contributed by atoms with van der Waals surface area (Å²) in [6, 6.07) is 0.398. The fourth-order valence-corrected chi connectivity index (χ4v) is 2.74. The fourth-order valence-electron chi connectivity index (χ4n) is 2.74. The summed E-state index contributed by atoms with van der Waals surface area (Å²) >= 11 is 0. The molecule has 2 unspecified atom stereocenters. The second-order valence-corrected chi connectivity index (χ2v) is 4.95. The lowest BCUT2D eigenvalue weighted by Gasteiger charge is -2.29. The predicted molar refractivity (Wildman–Crippen MR) is 77.8 cm³/mol. The molecule has 1 aromatic rings. The molecule has 0 radical (unpaired) electrons. The van der Waals surface area contributed by atoms with Crippen LogP contribution in [0.4, 0.5) is 11.6 Å². The first-order valence-electron chi connectivity index (χ1n) is 7.11. The van der Waals surface area contributed by atoms with E-state index in [9.17, 15) is 0 Å². The third-order valence-electron chi connectivity index (χ3n) is 3.79. The highest BCUT2D eigenvalue weighted by molar-refractivity contribution is 5.59. The van der Waals surface area contributed by atoms with Gasteiger partial charge in [-0.25, -0.2) is 9.97 Å². The molecule has 0 aliphatic carbocycles. The fraction of sp³-hybridized carbons (Fsp3) is 0.714. The van der Waals surface area contributed by atoms with E-state index >= 15 is 0 Å². The third-order valence-corrected chi connectivity index (χ3v) is 3.79. The van der Waals surface area contributed by atoms with Gasteiger partial charge in [0.25, 0.3) is 0 Å². The summed E-state index contributed by atoms with van der Waals surface area (Å²) in [5.74, 6) is 1.98. The zero-order chi connectivity index (χ0) is 13.8. The molecule has 2 atom stereocenters. The lowest BCUT2D eigenvalue weighted by atomic mass is 10.1. The van der Waals surface area contributed by atoms with Gasteiger partial charge in [-0.2, -0.15) is 0 Å². The number of ether oxygens (including phenoxy) is 1. The normalized spacial score (nSPS) is 22.5. The van der Waals surface area contributed by atoms with E-state index in [0.29, 0.717) is 6.04 Å². The van der Waals surface area contributed by atoms with Gasteiger partial charge in [-0.1, -0.05) is 6.92 Å². The molecule has 0 bridgehead atoms. The maximum Gasteiger partial charge on any atom is 0.137 e. The number of nitrogens with zero attached hydrogens (tertiary/aromatic N) is 3. The van der Waals surface area contributed by atoms with Crippen molar-refractivity contribution in [1.29, 1.82) is 0 Å². The molecule has 1 N–H and O–H groups in total. The molecule has 5 heteroatoms. The number of nitrogens with one attached hydrogen (secondary N) is 1. The van der Waals surface area contributed by atoms with Crippen molar-refractivity contribution >= 4 is 11.6 Å². The molecular formula is C14H24N4O. The van der Waals surface area contributed by atoms with Gasteiger partial charge in [0.1, 0.15) is 18.0 Å². The van der Waals surface area contributed by atoms with E-state index in [1.807, 2.05) is 0 Å². The smallest absolute Gasteiger partial charge is 0.137 e. The largest absolute Gasteiger partial charge is 0.376 e. The van der Waals surface area contributed by atoms with E-state index in [1.54, 1.807) is 6.33 Å². The Balaban J connectivity index is 2.30. The Morgan fingerprint density at radius 3 is 2.79 bits per heavy atom. The van der Waals surface area contributed by atoms with E-state index in [4.69, 9.17) is 4.74 Å². The molecule has 1 aliphatic heterocycles. The molecule has 0 saturated carbocycles. The van der Waals surface area contributed by atoms with Crippen molar-refractivity contribution in [2.75, 3.05) is 30.4 Å². The van der Waals surface area contributed by atoms with Crippen LogP contribution in [0.15, 0.2) is 6.33 Å². The summed E-state index contributed by atoms with van der Waals surface area (Å²) in [4.78, 5) is 11.1. The first-order valence-corrected chi connectivity index (χ1v) is 7.11. The van der Waals surface area contributed by atoms with E-state index in [2.05, 4.69) is 48.0 Å². The average molecular weight is 264 g/mol. The Kier molecular flexibility index (Phi) is 4.58. The minimum Gasteiger partial charge on any atom is -0.376 e. The van der Waals surface area contributed by atoms with Crippen molar-refractivity contribution in [3.05, 3.63) is 11.9 Å². The van der Waals surface area contributed by atoms with Gasteiger partial charge in [0, 0.05) is 25.8 Å². The predicted octanol–water partition coefficient (Wildman–Crippen LogP) is 2.08. The van der Waals surface area contributed by atoms with Crippen LogP contribution in [0.5, 0.6) is 0 Å². The SMILES string of the molecule is CCNc1ncnc(N(C)C2CCOC2C)c1CC. The summed E-state index contributed by atoms with van der Waals surface area (Å²) in [5.41, 5.74) is 1.19. The Labute approximate surface area is 115 Å². The van der Waals surface area contributed by atoms with Gasteiger partial charge in [0.05, 0.1) is 12.1 Å². The van der Waals surface area contributed by atoms with Gasteiger partial charge in [-0.3, -0.25) is 0 Å². The first kappa shape index (κ1) is 14.1. The molecule has 2 rings (SSSR count). The van der Waals surface area contributed by atoms with Crippen molar-refractivity contribution < 1.29 is 4.74 Å². The zero-order valence-corrected chi connectivity index (χ0v) is 12.3. The third kappa shape index (κ3) is 2.81. The number of hydrogen-bond donors (Lipinski definition) is 1. The van der Waals surface area contributed by atoms with Crippen molar-refractivity contribution in [3.63, 3.8) is 0 Å². The summed E-state index contributed by atoms with van der Waals surface area (Å²) in [6.07, 6.45) is 3.88. The van der Waals surface area contributed by atoms with Crippen LogP contribution in [0.3, 0.4) is 0 Å². The molecule has 0 spiro atoms. The van der Waals surface area contributed by atoms with Crippen LogP contribution < -0.4 is 10.2 Å². The van der Waals surface area contributed by atoms with Crippen molar-refractivity contribution in [2.45, 2.75) is 45.8 Å². The monoisotopic (exact) mass is 264 g/mol. The number of aromatic nitrogens is 2. The van der Waals surface area contributed by atoms with E-state index in [0.717, 1.165) is 37.6 Å². The van der Waals surface area contributed by atoms with Gasteiger partial charge in [0.2, 0.25) is 0 Å². The van der Waals surface area contributed by atoms with E-state index < -0.39 is 0 Å². The quantitative estimate of drug-likeness (QED) is 0.882. The molecule has 106 valence electrons.